The molecule has 6 heteroatoms. The summed E-state index contributed by atoms with van der Waals surface area (Å²) in [6, 6.07) is 3.85. The Balaban J connectivity index is 1.89. The Morgan fingerprint density at radius 3 is 2.80 bits per heavy atom. The van der Waals surface area contributed by atoms with Crippen LogP contribution in [-0.4, -0.2) is 35.1 Å². The van der Waals surface area contributed by atoms with Crippen LogP contribution in [0.1, 0.15) is 23.1 Å². The summed E-state index contributed by atoms with van der Waals surface area (Å²) >= 11 is 1.66. The first-order valence-corrected chi connectivity index (χ1v) is 7.58. The molecule has 2 N–H and O–H groups in total. The SMILES string of the molecule is Cc1ccc(CNC(=O)N2CC(C)CC(C(=O)O)C2)s1. The van der Waals surface area contributed by atoms with Crippen molar-refractivity contribution in [3.05, 3.63) is 21.9 Å². The van der Waals surface area contributed by atoms with E-state index in [1.807, 2.05) is 26.0 Å². The number of carbonyl (C=O) groups excluding carboxylic acids is 1. The molecule has 0 aliphatic carbocycles. The van der Waals surface area contributed by atoms with E-state index in [-0.39, 0.29) is 11.9 Å². The second-order valence-electron chi connectivity index (χ2n) is 5.45. The van der Waals surface area contributed by atoms with Crippen molar-refractivity contribution < 1.29 is 14.7 Å². The first-order chi connectivity index (χ1) is 9.45. The Labute approximate surface area is 122 Å². The smallest absolute Gasteiger partial charge is 0.317 e. The van der Waals surface area contributed by atoms with Crippen LogP contribution in [0.2, 0.25) is 0 Å². The summed E-state index contributed by atoms with van der Waals surface area (Å²) in [5.41, 5.74) is 0. The van der Waals surface area contributed by atoms with Gasteiger partial charge in [-0.05, 0) is 31.4 Å². The summed E-state index contributed by atoms with van der Waals surface area (Å²) in [4.78, 5) is 27.2. The van der Waals surface area contributed by atoms with Gasteiger partial charge in [-0.25, -0.2) is 4.79 Å². The monoisotopic (exact) mass is 296 g/mol. The topological polar surface area (TPSA) is 69.6 Å². The quantitative estimate of drug-likeness (QED) is 0.899. The summed E-state index contributed by atoms with van der Waals surface area (Å²) in [6.07, 6.45) is 0.642. The van der Waals surface area contributed by atoms with Gasteiger partial charge in [-0.1, -0.05) is 6.92 Å². The van der Waals surface area contributed by atoms with Crippen LogP contribution >= 0.6 is 11.3 Å². The Morgan fingerprint density at radius 1 is 1.45 bits per heavy atom. The molecule has 1 aromatic rings. The predicted octanol–water partition coefficient (Wildman–Crippen LogP) is 2.31. The van der Waals surface area contributed by atoms with Crippen molar-refractivity contribution in [3.8, 4) is 0 Å². The molecule has 2 unspecified atom stereocenters. The summed E-state index contributed by atoms with van der Waals surface area (Å²) in [5, 5.41) is 12.0. The number of likely N-dealkylation sites (tertiary alicyclic amines) is 1. The predicted molar refractivity (Wildman–Crippen MR) is 77.8 cm³/mol. The van der Waals surface area contributed by atoms with Crippen molar-refractivity contribution >= 4 is 23.3 Å². The van der Waals surface area contributed by atoms with Gasteiger partial charge in [0.15, 0.2) is 0 Å². The molecule has 0 bridgehead atoms. The lowest BCUT2D eigenvalue weighted by atomic mass is 9.91. The standard InChI is InChI=1S/C14H20N2O3S/c1-9-5-11(13(17)18)8-16(7-9)14(19)15-6-12-4-3-10(2)20-12/h3-4,9,11H,5-8H2,1-2H3,(H,15,19)(H,17,18). The number of urea groups is 1. The Morgan fingerprint density at radius 2 is 2.20 bits per heavy atom. The molecule has 1 fully saturated rings. The van der Waals surface area contributed by atoms with Crippen molar-refractivity contribution in [2.45, 2.75) is 26.8 Å². The van der Waals surface area contributed by atoms with Crippen LogP contribution in [0.25, 0.3) is 0 Å². The highest BCUT2D eigenvalue weighted by Gasteiger charge is 2.31. The molecule has 5 nitrogen and oxygen atoms in total. The van der Waals surface area contributed by atoms with Gasteiger partial charge >= 0.3 is 12.0 Å². The number of piperidine rings is 1. The summed E-state index contributed by atoms with van der Waals surface area (Å²) < 4.78 is 0. The second kappa shape index (κ2) is 6.26. The molecule has 1 aromatic heterocycles. The average Bonchev–Trinajstić information content (AvgIpc) is 2.81. The summed E-state index contributed by atoms with van der Waals surface area (Å²) in [7, 11) is 0. The highest BCUT2D eigenvalue weighted by Crippen LogP contribution is 2.22. The zero-order valence-electron chi connectivity index (χ0n) is 11.8. The first kappa shape index (κ1) is 14.8. The Bertz CT molecular complexity index is 500. The van der Waals surface area contributed by atoms with Crippen LogP contribution in [0.15, 0.2) is 12.1 Å². The van der Waals surface area contributed by atoms with Gasteiger partial charge in [0.1, 0.15) is 0 Å². The number of rotatable bonds is 3. The van der Waals surface area contributed by atoms with Crippen molar-refractivity contribution in [3.63, 3.8) is 0 Å². The van der Waals surface area contributed by atoms with Gasteiger partial charge in [0.25, 0.3) is 0 Å². The number of thiophene rings is 1. The van der Waals surface area contributed by atoms with E-state index in [1.54, 1.807) is 16.2 Å². The van der Waals surface area contributed by atoms with Gasteiger partial charge in [-0.15, -0.1) is 11.3 Å². The fourth-order valence-electron chi connectivity index (χ4n) is 2.55. The third-order valence-corrected chi connectivity index (χ3v) is 4.51. The maximum atomic E-state index is 12.1. The van der Waals surface area contributed by atoms with E-state index in [0.717, 1.165) is 4.88 Å². The second-order valence-corrected chi connectivity index (χ2v) is 6.82. The maximum absolute atomic E-state index is 12.1. The van der Waals surface area contributed by atoms with Gasteiger partial charge in [0.05, 0.1) is 12.5 Å². The number of hydrogen-bond acceptors (Lipinski definition) is 3. The number of hydrogen-bond donors (Lipinski definition) is 2. The number of amides is 2. The molecule has 2 heterocycles. The van der Waals surface area contributed by atoms with Crippen LogP contribution in [0.4, 0.5) is 4.79 Å². The molecule has 0 aromatic carbocycles. The van der Waals surface area contributed by atoms with Crippen molar-refractivity contribution in [1.82, 2.24) is 10.2 Å². The van der Waals surface area contributed by atoms with Crippen LogP contribution in [0, 0.1) is 18.8 Å². The fraction of sp³-hybridized carbons (Fsp3) is 0.571. The van der Waals surface area contributed by atoms with E-state index in [4.69, 9.17) is 5.11 Å². The molecule has 0 spiro atoms. The number of aryl methyl sites for hydroxylation is 1. The zero-order chi connectivity index (χ0) is 14.7. The van der Waals surface area contributed by atoms with Crippen LogP contribution < -0.4 is 5.32 Å². The van der Waals surface area contributed by atoms with Crippen molar-refractivity contribution in [1.29, 1.82) is 0 Å². The molecule has 20 heavy (non-hydrogen) atoms. The van der Waals surface area contributed by atoms with Crippen LogP contribution in [-0.2, 0) is 11.3 Å². The number of nitrogens with one attached hydrogen (secondary N) is 1. The van der Waals surface area contributed by atoms with Crippen molar-refractivity contribution in [2.75, 3.05) is 13.1 Å². The van der Waals surface area contributed by atoms with Gasteiger partial charge in [0.2, 0.25) is 0 Å². The van der Waals surface area contributed by atoms with Gasteiger partial charge in [-0.3, -0.25) is 4.79 Å². The summed E-state index contributed by atoms with van der Waals surface area (Å²) in [6.45, 7) is 5.44. The minimum Gasteiger partial charge on any atom is -0.481 e. The molecule has 1 aliphatic rings. The minimum absolute atomic E-state index is 0.172. The minimum atomic E-state index is -0.816. The van der Waals surface area contributed by atoms with E-state index in [0.29, 0.717) is 26.1 Å². The van der Waals surface area contributed by atoms with E-state index < -0.39 is 11.9 Å². The molecule has 1 saturated heterocycles. The first-order valence-electron chi connectivity index (χ1n) is 6.76. The Hall–Kier alpha value is -1.56. The summed E-state index contributed by atoms with van der Waals surface area (Å²) in [5.74, 6) is -1.05. The normalized spacial score (nSPS) is 22.6. The lowest BCUT2D eigenvalue weighted by Gasteiger charge is -2.34. The molecular weight excluding hydrogens is 276 g/mol. The largest absolute Gasteiger partial charge is 0.481 e. The lowest BCUT2D eigenvalue weighted by Crippen LogP contribution is -2.49. The lowest BCUT2D eigenvalue weighted by molar-refractivity contribution is -0.143. The highest BCUT2D eigenvalue weighted by molar-refractivity contribution is 7.11. The van der Waals surface area contributed by atoms with E-state index in [1.165, 1.54) is 4.88 Å². The number of carbonyl (C=O) groups is 2. The number of nitrogens with zero attached hydrogens (tertiary/aromatic N) is 1. The molecule has 0 saturated carbocycles. The molecule has 2 amide bonds. The van der Waals surface area contributed by atoms with Gasteiger partial charge in [-0.2, -0.15) is 0 Å². The fourth-order valence-corrected chi connectivity index (χ4v) is 3.38. The van der Waals surface area contributed by atoms with Crippen molar-refractivity contribution in [2.24, 2.45) is 11.8 Å². The van der Waals surface area contributed by atoms with E-state index in [9.17, 15) is 9.59 Å². The third-order valence-electron chi connectivity index (χ3n) is 3.51. The molecule has 0 radical (unpaired) electrons. The van der Waals surface area contributed by atoms with Crippen LogP contribution in [0.3, 0.4) is 0 Å². The zero-order valence-corrected chi connectivity index (χ0v) is 12.6. The number of carboxylic acids is 1. The number of carboxylic acid groups (broad SMARTS) is 1. The molecular formula is C14H20N2O3S. The van der Waals surface area contributed by atoms with E-state index >= 15 is 0 Å². The molecule has 1 aliphatic heterocycles. The maximum Gasteiger partial charge on any atom is 0.317 e. The van der Waals surface area contributed by atoms with E-state index in [2.05, 4.69) is 5.32 Å². The third kappa shape index (κ3) is 3.72. The molecule has 2 atom stereocenters. The number of aliphatic carboxylic acids is 1. The van der Waals surface area contributed by atoms with Crippen LogP contribution in [0.5, 0.6) is 0 Å². The highest BCUT2D eigenvalue weighted by atomic mass is 32.1. The van der Waals surface area contributed by atoms with Gasteiger partial charge in [0, 0.05) is 22.8 Å². The van der Waals surface area contributed by atoms with Gasteiger partial charge < -0.3 is 15.3 Å². The molecule has 110 valence electrons. The average molecular weight is 296 g/mol. The Kier molecular flexibility index (Phi) is 4.65. The molecule has 2 rings (SSSR count).